The largest absolute Gasteiger partial charge is 0.493 e. The van der Waals surface area contributed by atoms with Gasteiger partial charge in [-0.2, -0.15) is 0 Å². The summed E-state index contributed by atoms with van der Waals surface area (Å²) in [4.78, 5) is 10.4. The average molecular weight is 256 g/mol. The lowest BCUT2D eigenvalue weighted by molar-refractivity contribution is -0.137. The van der Waals surface area contributed by atoms with E-state index in [0.29, 0.717) is 29.9 Å². The summed E-state index contributed by atoms with van der Waals surface area (Å²) in [5.41, 5.74) is 1.27. The molecule has 0 aliphatic rings. The van der Waals surface area contributed by atoms with Crippen molar-refractivity contribution in [2.24, 2.45) is 0 Å². The summed E-state index contributed by atoms with van der Waals surface area (Å²) in [6, 6.07) is 3.30. The molecule has 5 heteroatoms. The van der Waals surface area contributed by atoms with E-state index in [0.717, 1.165) is 5.56 Å². The molecular formula is C13H17FO4. The van der Waals surface area contributed by atoms with Gasteiger partial charge in [-0.25, -0.2) is 4.39 Å². The van der Waals surface area contributed by atoms with Crippen molar-refractivity contribution < 1.29 is 23.8 Å². The van der Waals surface area contributed by atoms with Crippen LogP contribution >= 0.6 is 0 Å². The van der Waals surface area contributed by atoms with E-state index >= 15 is 0 Å². The number of ether oxygens (including phenoxy) is 2. The van der Waals surface area contributed by atoms with Gasteiger partial charge in [-0.15, -0.1) is 0 Å². The van der Waals surface area contributed by atoms with Crippen LogP contribution in [-0.2, 0) is 17.9 Å². The summed E-state index contributed by atoms with van der Waals surface area (Å²) in [6.07, 6.45) is 1.05. The number of carbonyl (C=O) groups is 1. The van der Waals surface area contributed by atoms with E-state index in [9.17, 15) is 9.18 Å². The minimum Gasteiger partial charge on any atom is -0.493 e. The average Bonchev–Trinajstić information content (AvgIpc) is 2.37. The van der Waals surface area contributed by atoms with Crippen molar-refractivity contribution >= 4 is 5.97 Å². The summed E-state index contributed by atoms with van der Waals surface area (Å²) in [7, 11) is 3.00. The Kier molecular flexibility index (Phi) is 5.42. The zero-order chi connectivity index (χ0) is 13.5. The molecule has 0 saturated heterocycles. The number of rotatable bonds is 7. The Hall–Kier alpha value is -1.78. The molecule has 0 fully saturated rings. The first-order chi connectivity index (χ1) is 8.62. The van der Waals surface area contributed by atoms with Crippen LogP contribution in [0.1, 0.15) is 24.0 Å². The lowest BCUT2D eigenvalue weighted by Crippen LogP contribution is -2.00. The maximum Gasteiger partial charge on any atom is 0.303 e. The van der Waals surface area contributed by atoms with Crippen LogP contribution in [0, 0.1) is 0 Å². The van der Waals surface area contributed by atoms with Crippen molar-refractivity contribution in [1.29, 1.82) is 0 Å². The number of aliphatic carboxylic acids is 1. The van der Waals surface area contributed by atoms with E-state index in [2.05, 4.69) is 0 Å². The van der Waals surface area contributed by atoms with Gasteiger partial charge in [0.15, 0.2) is 11.5 Å². The second-order valence-electron chi connectivity index (χ2n) is 3.86. The normalized spacial score (nSPS) is 10.2. The number of aryl methyl sites for hydroxylation is 1. The molecule has 0 radical (unpaired) electrons. The van der Waals surface area contributed by atoms with Crippen LogP contribution < -0.4 is 9.47 Å². The van der Waals surface area contributed by atoms with Gasteiger partial charge in [-0.3, -0.25) is 4.79 Å². The molecule has 1 N–H and O–H groups in total. The van der Waals surface area contributed by atoms with Gasteiger partial charge in [-0.05, 0) is 36.1 Å². The third kappa shape index (κ3) is 3.61. The SMILES string of the molecule is COc1cc(CF)c(CCCC(=O)O)cc1OC. The van der Waals surface area contributed by atoms with E-state index in [1.165, 1.54) is 14.2 Å². The highest BCUT2D eigenvalue weighted by atomic mass is 19.1. The first kappa shape index (κ1) is 14.3. The second kappa shape index (κ2) is 6.83. The van der Waals surface area contributed by atoms with Gasteiger partial charge in [0, 0.05) is 6.42 Å². The molecule has 0 aliphatic heterocycles. The van der Waals surface area contributed by atoms with Crippen molar-refractivity contribution in [3.05, 3.63) is 23.3 Å². The van der Waals surface area contributed by atoms with Crippen molar-refractivity contribution in [1.82, 2.24) is 0 Å². The minimum atomic E-state index is -0.850. The van der Waals surface area contributed by atoms with Crippen LogP contribution in [0.5, 0.6) is 11.5 Å². The maximum atomic E-state index is 12.9. The zero-order valence-corrected chi connectivity index (χ0v) is 10.5. The predicted molar refractivity (Wildman–Crippen MR) is 64.9 cm³/mol. The van der Waals surface area contributed by atoms with Gasteiger partial charge in [0.2, 0.25) is 0 Å². The molecular weight excluding hydrogens is 239 g/mol. The van der Waals surface area contributed by atoms with Gasteiger partial charge in [0.25, 0.3) is 0 Å². The van der Waals surface area contributed by atoms with E-state index in [1.807, 2.05) is 0 Å². The molecule has 0 saturated carbocycles. The topological polar surface area (TPSA) is 55.8 Å². The predicted octanol–water partition coefficient (Wildman–Crippen LogP) is 2.58. The quantitative estimate of drug-likeness (QED) is 0.814. The highest BCUT2D eigenvalue weighted by Crippen LogP contribution is 2.31. The Balaban J connectivity index is 2.91. The van der Waals surface area contributed by atoms with Crippen LogP contribution in [-0.4, -0.2) is 25.3 Å². The lowest BCUT2D eigenvalue weighted by atomic mass is 10.0. The van der Waals surface area contributed by atoms with Gasteiger partial charge in [0.05, 0.1) is 14.2 Å². The molecule has 0 atom stereocenters. The third-order valence-electron chi connectivity index (χ3n) is 2.69. The Bertz CT molecular complexity index is 418. The summed E-state index contributed by atoms with van der Waals surface area (Å²) in [5, 5.41) is 8.58. The molecule has 100 valence electrons. The number of carboxylic acid groups (broad SMARTS) is 1. The molecule has 4 nitrogen and oxygen atoms in total. The summed E-state index contributed by atoms with van der Waals surface area (Å²) in [5.74, 6) is 0.157. The molecule has 1 aromatic rings. The van der Waals surface area contributed by atoms with Crippen molar-refractivity contribution in [2.45, 2.75) is 25.9 Å². The smallest absolute Gasteiger partial charge is 0.303 e. The van der Waals surface area contributed by atoms with Gasteiger partial charge < -0.3 is 14.6 Å². The molecule has 0 unspecified atom stereocenters. The minimum absolute atomic E-state index is 0.0695. The number of hydrogen-bond acceptors (Lipinski definition) is 3. The molecule has 0 aromatic heterocycles. The molecule has 0 bridgehead atoms. The first-order valence-corrected chi connectivity index (χ1v) is 5.64. The van der Waals surface area contributed by atoms with Crippen LogP contribution in [0.3, 0.4) is 0 Å². The van der Waals surface area contributed by atoms with Gasteiger partial charge in [-0.1, -0.05) is 0 Å². The summed E-state index contributed by atoms with van der Waals surface area (Å²) >= 11 is 0. The zero-order valence-electron chi connectivity index (χ0n) is 10.5. The van der Waals surface area contributed by atoms with E-state index < -0.39 is 12.6 Å². The summed E-state index contributed by atoms with van der Waals surface area (Å²) in [6.45, 7) is -0.608. The number of alkyl halides is 1. The highest BCUT2D eigenvalue weighted by Gasteiger charge is 2.11. The van der Waals surface area contributed by atoms with Crippen molar-refractivity contribution in [3.8, 4) is 11.5 Å². The Labute approximate surface area is 105 Å². The number of methoxy groups -OCH3 is 2. The van der Waals surface area contributed by atoms with E-state index in [-0.39, 0.29) is 6.42 Å². The van der Waals surface area contributed by atoms with Crippen LogP contribution in [0.4, 0.5) is 4.39 Å². The third-order valence-corrected chi connectivity index (χ3v) is 2.69. The second-order valence-corrected chi connectivity index (χ2v) is 3.86. The maximum absolute atomic E-state index is 12.9. The standard InChI is InChI=1S/C13H17FO4/c1-17-11-6-9(4-3-5-13(15)16)10(8-14)7-12(11)18-2/h6-7H,3-5,8H2,1-2H3,(H,15,16). The molecule has 0 amide bonds. The first-order valence-electron chi connectivity index (χ1n) is 5.64. The monoisotopic (exact) mass is 256 g/mol. The summed E-state index contributed by atoms with van der Waals surface area (Å²) < 4.78 is 23.1. The Morgan fingerprint density at radius 3 is 2.22 bits per heavy atom. The van der Waals surface area contributed by atoms with E-state index in [4.69, 9.17) is 14.6 Å². The fraction of sp³-hybridized carbons (Fsp3) is 0.462. The Morgan fingerprint density at radius 2 is 1.78 bits per heavy atom. The molecule has 0 spiro atoms. The molecule has 1 aromatic carbocycles. The highest BCUT2D eigenvalue weighted by molar-refractivity contribution is 5.66. The van der Waals surface area contributed by atoms with Crippen molar-refractivity contribution in [3.63, 3.8) is 0 Å². The number of halogens is 1. The number of hydrogen-bond donors (Lipinski definition) is 1. The van der Waals surface area contributed by atoms with Gasteiger partial charge in [0.1, 0.15) is 6.67 Å². The molecule has 1 rings (SSSR count). The molecule has 0 heterocycles. The van der Waals surface area contributed by atoms with E-state index in [1.54, 1.807) is 12.1 Å². The van der Waals surface area contributed by atoms with Crippen molar-refractivity contribution in [2.75, 3.05) is 14.2 Å². The van der Waals surface area contributed by atoms with Crippen LogP contribution in [0.2, 0.25) is 0 Å². The fourth-order valence-electron chi connectivity index (χ4n) is 1.75. The number of benzene rings is 1. The van der Waals surface area contributed by atoms with Gasteiger partial charge >= 0.3 is 5.97 Å². The van der Waals surface area contributed by atoms with Crippen LogP contribution in [0.25, 0.3) is 0 Å². The fourth-order valence-corrected chi connectivity index (χ4v) is 1.75. The lowest BCUT2D eigenvalue weighted by Gasteiger charge is -2.13. The molecule has 0 aliphatic carbocycles. The Morgan fingerprint density at radius 1 is 1.22 bits per heavy atom. The number of carboxylic acids is 1. The molecule has 18 heavy (non-hydrogen) atoms. The van der Waals surface area contributed by atoms with Crippen LogP contribution in [0.15, 0.2) is 12.1 Å².